The highest BCUT2D eigenvalue weighted by Gasteiger charge is 2.15. The minimum Gasteiger partial charge on any atom is -0.370 e. The molecule has 0 fully saturated rings. The maximum absolute atomic E-state index is 11.4. The molecule has 2 amide bonds. The van der Waals surface area contributed by atoms with Crippen molar-refractivity contribution < 1.29 is 14.3 Å². The van der Waals surface area contributed by atoms with Crippen molar-refractivity contribution in [3.63, 3.8) is 0 Å². The molecule has 0 heterocycles. The molecule has 0 saturated heterocycles. The van der Waals surface area contributed by atoms with Gasteiger partial charge in [0.15, 0.2) is 0 Å². The Kier molecular flexibility index (Phi) is 7.49. The van der Waals surface area contributed by atoms with Gasteiger partial charge in [-0.15, -0.1) is 0 Å². The fourth-order valence-corrected chi connectivity index (χ4v) is 1.01. The Morgan fingerprint density at radius 1 is 1.25 bits per heavy atom. The summed E-state index contributed by atoms with van der Waals surface area (Å²) in [6.07, 6.45) is 0. The average Bonchev–Trinajstić information content (AvgIpc) is 2.16. The smallest absolute Gasteiger partial charge is 0.246 e. The maximum atomic E-state index is 11.4. The Morgan fingerprint density at radius 3 is 2.38 bits per heavy atom. The third-order valence-electron chi connectivity index (χ3n) is 1.70. The molecule has 0 rings (SSSR count). The lowest BCUT2D eigenvalue weighted by atomic mass is 10.3. The zero-order chi connectivity index (χ0) is 12.6. The number of carbonyl (C=O) groups is 2. The first-order chi connectivity index (χ1) is 7.47. The summed E-state index contributed by atoms with van der Waals surface area (Å²) >= 11 is 0. The Morgan fingerprint density at radius 2 is 1.88 bits per heavy atom. The molecule has 1 atom stereocenters. The second-order valence-electron chi connectivity index (χ2n) is 3.79. The minimum atomic E-state index is -0.559. The van der Waals surface area contributed by atoms with E-state index in [1.54, 1.807) is 6.92 Å². The summed E-state index contributed by atoms with van der Waals surface area (Å²) in [5, 5.41) is 5.23. The Bertz CT molecular complexity index is 231. The molecule has 0 aromatic carbocycles. The van der Waals surface area contributed by atoms with E-state index in [2.05, 4.69) is 10.6 Å². The van der Waals surface area contributed by atoms with Crippen LogP contribution < -0.4 is 16.4 Å². The van der Waals surface area contributed by atoms with E-state index in [1.807, 2.05) is 13.8 Å². The van der Waals surface area contributed by atoms with E-state index >= 15 is 0 Å². The van der Waals surface area contributed by atoms with Gasteiger partial charge in [-0.05, 0) is 20.8 Å². The maximum Gasteiger partial charge on any atom is 0.246 e. The molecule has 0 aromatic heterocycles. The topological polar surface area (TPSA) is 93.5 Å². The predicted octanol–water partition coefficient (Wildman–Crippen LogP) is -1.01. The minimum absolute atomic E-state index is 0.0559. The predicted molar refractivity (Wildman–Crippen MR) is 60.8 cm³/mol. The van der Waals surface area contributed by atoms with E-state index in [9.17, 15) is 9.59 Å². The van der Waals surface area contributed by atoms with E-state index in [0.717, 1.165) is 0 Å². The van der Waals surface area contributed by atoms with Crippen molar-refractivity contribution in [1.29, 1.82) is 0 Å². The molecule has 0 bridgehead atoms. The highest BCUT2D eigenvalue weighted by atomic mass is 16.5. The zero-order valence-electron chi connectivity index (χ0n) is 10.1. The third-order valence-corrected chi connectivity index (χ3v) is 1.70. The van der Waals surface area contributed by atoms with Crippen molar-refractivity contribution in [3.8, 4) is 0 Å². The SMILES string of the molecule is CC(C)NC(=O)C(C)NC(=O)COCCN. The van der Waals surface area contributed by atoms with E-state index in [4.69, 9.17) is 10.5 Å². The van der Waals surface area contributed by atoms with Gasteiger partial charge in [0.25, 0.3) is 0 Å². The van der Waals surface area contributed by atoms with Gasteiger partial charge in [-0.3, -0.25) is 9.59 Å². The number of hydrogen-bond donors (Lipinski definition) is 3. The molecule has 0 radical (unpaired) electrons. The van der Waals surface area contributed by atoms with E-state index in [1.165, 1.54) is 0 Å². The highest BCUT2D eigenvalue weighted by Crippen LogP contribution is 1.86. The summed E-state index contributed by atoms with van der Waals surface area (Å²) in [4.78, 5) is 22.7. The molecule has 0 aromatic rings. The first-order valence-electron chi connectivity index (χ1n) is 5.35. The standard InChI is InChI=1S/C10H21N3O3/c1-7(2)12-10(15)8(3)13-9(14)6-16-5-4-11/h7-8H,4-6,11H2,1-3H3,(H,12,15)(H,13,14). The molecule has 6 heteroatoms. The summed E-state index contributed by atoms with van der Waals surface area (Å²) in [6, 6.07) is -0.503. The van der Waals surface area contributed by atoms with Gasteiger partial charge in [-0.1, -0.05) is 0 Å². The molecule has 1 unspecified atom stereocenters. The molecule has 4 N–H and O–H groups in total. The number of nitrogens with two attached hydrogens (primary N) is 1. The number of amides is 2. The van der Waals surface area contributed by atoms with Crippen molar-refractivity contribution in [2.45, 2.75) is 32.9 Å². The molecule has 16 heavy (non-hydrogen) atoms. The van der Waals surface area contributed by atoms with Gasteiger partial charge in [0.05, 0.1) is 6.61 Å². The Hall–Kier alpha value is -1.14. The van der Waals surface area contributed by atoms with Crippen LogP contribution in [-0.4, -0.2) is 43.7 Å². The van der Waals surface area contributed by atoms with Crippen LogP contribution in [0.1, 0.15) is 20.8 Å². The molecule has 6 nitrogen and oxygen atoms in total. The molecule has 94 valence electrons. The van der Waals surface area contributed by atoms with Gasteiger partial charge in [-0.2, -0.15) is 0 Å². The van der Waals surface area contributed by atoms with Crippen LogP contribution in [0.3, 0.4) is 0 Å². The van der Waals surface area contributed by atoms with Crippen molar-refractivity contribution in [1.82, 2.24) is 10.6 Å². The lowest BCUT2D eigenvalue weighted by Gasteiger charge is -2.15. The zero-order valence-corrected chi connectivity index (χ0v) is 10.1. The van der Waals surface area contributed by atoms with Gasteiger partial charge >= 0.3 is 0 Å². The van der Waals surface area contributed by atoms with Gasteiger partial charge < -0.3 is 21.1 Å². The van der Waals surface area contributed by atoms with Gasteiger partial charge in [0.1, 0.15) is 12.6 Å². The van der Waals surface area contributed by atoms with E-state index in [-0.39, 0.29) is 24.5 Å². The number of rotatable bonds is 7. The fraction of sp³-hybridized carbons (Fsp3) is 0.800. The van der Waals surface area contributed by atoms with Gasteiger partial charge in [-0.25, -0.2) is 0 Å². The molecule has 0 aliphatic heterocycles. The first-order valence-corrected chi connectivity index (χ1v) is 5.35. The second-order valence-corrected chi connectivity index (χ2v) is 3.79. The molecule has 0 aliphatic rings. The lowest BCUT2D eigenvalue weighted by molar-refractivity contribution is -0.131. The van der Waals surface area contributed by atoms with Crippen LogP contribution in [0.15, 0.2) is 0 Å². The van der Waals surface area contributed by atoms with Crippen molar-refractivity contribution >= 4 is 11.8 Å². The first kappa shape index (κ1) is 14.9. The van der Waals surface area contributed by atoms with Crippen LogP contribution in [0, 0.1) is 0 Å². The molecule has 0 spiro atoms. The number of carbonyl (C=O) groups excluding carboxylic acids is 2. The van der Waals surface area contributed by atoms with Gasteiger partial charge in [0.2, 0.25) is 11.8 Å². The van der Waals surface area contributed by atoms with Crippen LogP contribution in [0.25, 0.3) is 0 Å². The Labute approximate surface area is 95.9 Å². The van der Waals surface area contributed by atoms with Gasteiger partial charge in [0, 0.05) is 12.6 Å². The average molecular weight is 231 g/mol. The number of hydrogen-bond acceptors (Lipinski definition) is 4. The fourth-order valence-electron chi connectivity index (χ4n) is 1.01. The van der Waals surface area contributed by atoms with Crippen molar-refractivity contribution in [2.75, 3.05) is 19.8 Å². The molecule has 0 saturated carbocycles. The number of nitrogens with one attached hydrogen (secondary N) is 2. The van der Waals surface area contributed by atoms with E-state index < -0.39 is 6.04 Å². The second kappa shape index (κ2) is 8.06. The summed E-state index contributed by atoms with van der Waals surface area (Å²) in [5.41, 5.74) is 5.20. The molecular formula is C10H21N3O3. The summed E-state index contributed by atoms with van der Waals surface area (Å²) < 4.78 is 4.94. The van der Waals surface area contributed by atoms with Crippen LogP contribution >= 0.6 is 0 Å². The quantitative estimate of drug-likeness (QED) is 0.489. The summed E-state index contributed by atoms with van der Waals surface area (Å²) in [6.45, 7) is 5.97. The van der Waals surface area contributed by atoms with Crippen LogP contribution in [0.2, 0.25) is 0 Å². The third kappa shape index (κ3) is 7.19. The van der Waals surface area contributed by atoms with Crippen molar-refractivity contribution in [2.24, 2.45) is 5.73 Å². The highest BCUT2D eigenvalue weighted by molar-refractivity contribution is 5.87. The summed E-state index contributed by atoms with van der Waals surface area (Å²) in [7, 11) is 0. The van der Waals surface area contributed by atoms with Crippen LogP contribution in [0.4, 0.5) is 0 Å². The van der Waals surface area contributed by atoms with Crippen molar-refractivity contribution in [3.05, 3.63) is 0 Å². The monoisotopic (exact) mass is 231 g/mol. The lowest BCUT2D eigenvalue weighted by Crippen LogP contribution is -2.47. The Balaban J connectivity index is 3.80. The molecule has 0 aliphatic carbocycles. The van der Waals surface area contributed by atoms with Crippen LogP contribution in [-0.2, 0) is 14.3 Å². The normalized spacial score (nSPS) is 12.3. The summed E-state index contributed by atoms with van der Waals surface area (Å²) in [5.74, 6) is -0.526. The van der Waals surface area contributed by atoms with E-state index in [0.29, 0.717) is 13.2 Å². The van der Waals surface area contributed by atoms with Crippen LogP contribution in [0.5, 0.6) is 0 Å². The number of ether oxygens (including phenoxy) is 1. The molecular weight excluding hydrogens is 210 g/mol. The largest absolute Gasteiger partial charge is 0.370 e.